The van der Waals surface area contributed by atoms with Crippen LogP contribution in [0.2, 0.25) is 5.02 Å². The van der Waals surface area contributed by atoms with Crippen molar-refractivity contribution in [2.24, 2.45) is 0 Å². The third-order valence-electron chi connectivity index (χ3n) is 2.48. The van der Waals surface area contributed by atoms with E-state index in [9.17, 15) is 4.79 Å². The van der Waals surface area contributed by atoms with Crippen molar-refractivity contribution in [3.63, 3.8) is 0 Å². The molecule has 0 unspecified atom stereocenters. The molecule has 1 aromatic heterocycles. The van der Waals surface area contributed by atoms with Crippen molar-refractivity contribution in [2.45, 2.75) is 6.92 Å². The largest absolute Gasteiger partial charge is 0.384 e. The second-order valence-corrected chi connectivity index (χ2v) is 4.32. The summed E-state index contributed by atoms with van der Waals surface area (Å²) in [7, 11) is 0. The SMILES string of the molecule is Cc1cc(Cl)ccc1C(=O)Nc1ccc(N)nc1. The lowest BCUT2D eigenvalue weighted by Crippen LogP contribution is -2.13. The number of nitrogens with two attached hydrogens (primary N) is 1. The predicted molar refractivity (Wildman–Crippen MR) is 72.8 cm³/mol. The summed E-state index contributed by atoms with van der Waals surface area (Å²) < 4.78 is 0. The molecule has 0 aliphatic heterocycles. The van der Waals surface area contributed by atoms with Gasteiger partial charge in [-0.2, -0.15) is 0 Å². The Kier molecular flexibility index (Phi) is 3.48. The van der Waals surface area contributed by atoms with E-state index >= 15 is 0 Å². The molecule has 0 aliphatic carbocycles. The number of nitrogens with one attached hydrogen (secondary N) is 1. The first-order valence-electron chi connectivity index (χ1n) is 5.35. The van der Waals surface area contributed by atoms with Crippen LogP contribution in [0.5, 0.6) is 0 Å². The number of carbonyl (C=O) groups excluding carboxylic acids is 1. The number of anilines is 2. The average Bonchev–Trinajstić information content (AvgIpc) is 2.32. The van der Waals surface area contributed by atoms with E-state index in [0.29, 0.717) is 22.1 Å². The first-order chi connectivity index (χ1) is 8.56. The maximum Gasteiger partial charge on any atom is 0.255 e. The molecule has 3 N–H and O–H groups in total. The number of nitrogen functional groups attached to an aromatic ring is 1. The highest BCUT2D eigenvalue weighted by molar-refractivity contribution is 6.30. The molecule has 0 saturated carbocycles. The van der Waals surface area contributed by atoms with Crippen LogP contribution in [0, 0.1) is 6.92 Å². The van der Waals surface area contributed by atoms with Crippen LogP contribution in [-0.4, -0.2) is 10.9 Å². The van der Waals surface area contributed by atoms with Gasteiger partial charge in [0.05, 0.1) is 11.9 Å². The van der Waals surface area contributed by atoms with Crippen LogP contribution < -0.4 is 11.1 Å². The topological polar surface area (TPSA) is 68.0 Å². The van der Waals surface area contributed by atoms with Crippen molar-refractivity contribution < 1.29 is 4.79 Å². The van der Waals surface area contributed by atoms with Crippen LogP contribution in [0.3, 0.4) is 0 Å². The highest BCUT2D eigenvalue weighted by Crippen LogP contribution is 2.17. The minimum absolute atomic E-state index is 0.198. The Morgan fingerprint density at radius 3 is 2.72 bits per heavy atom. The second-order valence-electron chi connectivity index (χ2n) is 3.89. The van der Waals surface area contributed by atoms with E-state index in [4.69, 9.17) is 17.3 Å². The molecule has 92 valence electrons. The highest BCUT2D eigenvalue weighted by Gasteiger charge is 2.09. The zero-order chi connectivity index (χ0) is 13.1. The lowest BCUT2D eigenvalue weighted by molar-refractivity contribution is 0.102. The predicted octanol–water partition coefficient (Wildman–Crippen LogP) is 2.88. The van der Waals surface area contributed by atoms with E-state index in [1.54, 1.807) is 30.3 Å². The summed E-state index contributed by atoms with van der Waals surface area (Å²) in [6.07, 6.45) is 1.51. The molecule has 1 amide bonds. The van der Waals surface area contributed by atoms with Gasteiger partial charge in [-0.1, -0.05) is 11.6 Å². The van der Waals surface area contributed by atoms with Gasteiger partial charge in [-0.25, -0.2) is 4.98 Å². The molecule has 0 atom stereocenters. The minimum Gasteiger partial charge on any atom is -0.384 e. The van der Waals surface area contributed by atoms with Crippen LogP contribution in [0.25, 0.3) is 0 Å². The molecule has 0 saturated heterocycles. The number of aryl methyl sites for hydroxylation is 1. The molecule has 1 heterocycles. The Bertz CT molecular complexity index is 581. The Hall–Kier alpha value is -2.07. The molecule has 2 aromatic rings. The lowest BCUT2D eigenvalue weighted by Gasteiger charge is -2.07. The quantitative estimate of drug-likeness (QED) is 0.873. The molecule has 0 radical (unpaired) electrons. The third kappa shape index (κ3) is 2.78. The molecular weight excluding hydrogens is 250 g/mol. The summed E-state index contributed by atoms with van der Waals surface area (Å²) >= 11 is 5.84. The van der Waals surface area contributed by atoms with Crippen LogP contribution >= 0.6 is 11.6 Å². The smallest absolute Gasteiger partial charge is 0.255 e. The number of hydrogen-bond donors (Lipinski definition) is 2. The zero-order valence-corrected chi connectivity index (χ0v) is 10.5. The third-order valence-corrected chi connectivity index (χ3v) is 2.71. The summed E-state index contributed by atoms with van der Waals surface area (Å²) in [4.78, 5) is 15.9. The Morgan fingerprint density at radius 2 is 2.11 bits per heavy atom. The Balaban J connectivity index is 2.19. The normalized spacial score (nSPS) is 10.1. The summed E-state index contributed by atoms with van der Waals surface area (Å²) in [5, 5.41) is 3.36. The van der Waals surface area contributed by atoms with Crippen molar-refractivity contribution in [2.75, 3.05) is 11.1 Å². The van der Waals surface area contributed by atoms with Crippen LogP contribution in [-0.2, 0) is 0 Å². The minimum atomic E-state index is -0.198. The number of carbonyl (C=O) groups is 1. The number of aromatic nitrogens is 1. The lowest BCUT2D eigenvalue weighted by atomic mass is 10.1. The zero-order valence-electron chi connectivity index (χ0n) is 9.77. The molecule has 18 heavy (non-hydrogen) atoms. The van der Waals surface area contributed by atoms with Gasteiger partial charge in [0.25, 0.3) is 5.91 Å². The van der Waals surface area contributed by atoms with Crippen molar-refractivity contribution >= 4 is 29.0 Å². The van der Waals surface area contributed by atoms with Gasteiger partial charge < -0.3 is 11.1 Å². The molecule has 0 aliphatic rings. The van der Waals surface area contributed by atoms with E-state index < -0.39 is 0 Å². The van der Waals surface area contributed by atoms with Crippen molar-refractivity contribution in [1.29, 1.82) is 0 Å². The number of amides is 1. The standard InChI is InChI=1S/C13H12ClN3O/c1-8-6-9(14)2-4-11(8)13(18)17-10-3-5-12(15)16-7-10/h2-7H,1H3,(H2,15,16)(H,17,18). The van der Waals surface area contributed by atoms with Crippen LogP contribution in [0.1, 0.15) is 15.9 Å². The summed E-state index contributed by atoms with van der Waals surface area (Å²) in [5.74, 6) is 0.214. The van der Waals surface area contributed by atoms with Gasteiger partial charge in [-0.3, -0.25) is 4.79 Å². The number of pyridine rings is 1. The Morgan fingerprint density at radius 1 is 1.33 bits per heavy atom. The first-order valence-corrected chi connectivity index (χ1v) is 5.73. The average molecular weight is 262 g/mol. The van der Waals surface area contributed by atoms with Gasteiger partial charge in [-0.15, -0.1) is 0 Å². The number of rotatable bonds is 2. The van der Waals surface area contributed by atoms with Crippen LogP contribution in [0.4, 0.5) is 11.5 Å². The molecule has 0 bridgehead atoms. The number of halogens is 1. The van der Waals surface area contributed by atoms with Gasteiger partial charge in [0.1, 0.15) is 5.82 Å². The van der Waals surface area contributed by atoms with E-state index in [1.807, 2.05) is 6.92 Å². The number of benzene rings is 1. The van der Waals surface area contributed by atoms with Crippen molar-refractivity contribution in [3.05, 3.63) is 52.7 Å². The monoisotopic (exact) mass is 261 g/mol. The summed E-state index contributed by atoms with van der Waals surface area (Å²) in [5.41, 5.74) is 7.47. The second kappa shape index (κ2) is 5.06. The fourth-order valence-corrected chi connectivity index (χ4v) is 1.79. The van der Waals surface area contributed by atoms with E-state index in [2.05, 4.69) is 10.3 Å². The fourth-order valence-electron chi connectivity index (χ4n) is 1.56. The maximum atomic E-state index is 12.0. The Labute approximate surface area is 110 Å². The summed E-state index contributed by atoms with van der Waals surface area (Å²) in [6.45, 7) is 1.84. The molecule has 2 rings (SSSR count). The highest BCUT2D eigenvalue weighted by atomic mass is 35.5. The first kappa shape index (κ1) is 12.4. The fraction of sp³-hybridized carbons (Fsp3) is 0.0769. The molecule has 4 nitrogen and oxygen atoms in total. The molecule has 0 spiro atoms. The van der Waals surface area contributed by atoms with Gasteiger partial charge >= 0.3 is 0 Å². The molecule has 5 heteroatoms. The molecular formula is C13H12ClN3O. The van der Waals surface area contributed by atoms with E-state index in [-0.39, 0.29) is 5.91 Å². The summed E-state index contributed by atoms with van der Waals surface area (Å²) in [6, 6.07) is 8.45. The van der Waals surface area contributed by atoms with Gasteiger partial charge in [0, 0.05) is 10.6 Å². The molecule has 0 fully saturated rings. The number of nitrogens with zero attached hydrogens (tertiary/aromatic N) is 1. The van der Waals surface area contributed by atoms with E-state index in [0.717, 1.165) is 5.56 Å². The van der Waals surface area contributed by atoms with Gasteiger partial charge in [0.2, 0.25) is 0 Å². The van der Waals surface area contributed by atoms with Crippen LogP contribution in [0.15, 0.2) is 36.5 Å². The maximum absolute atomic E-state index is 12.0. The molecule has 1 aromatic carbocycles. The number of hydrogen-bond acceptors (Lipinski definition) is 3. The van der Waals surface area contributed by atoms with E-state index in [1.165, 1.54) is 6.20 Å². The van der Waals surface area contributed by atoms with Gasteiger partial charge in [-0.05, 0) is 42.8 Å². The van der Waals surface area contributed by atoms with Crippen molar-refractivity contribution in [3.8, 4) is 0 Å². The van der Waals surface area contributed by atoms with Crippen molar-refractivity contribution in [1.82, 2.24) is 4.98 Å². The van der Waals surface area contributed by atoms with Gasteiger partial charge in [0.15, 0.2) is 0 Å².